The fraction of sp³-hybridized carbons (Fsp3) is 0.400. The molecule has 7 heteroatoms. The second-order valence-corrected chi connectivity index (χ2v) is 2.10. The average molecular weight is 168 g/mol. The first-order chi connectivity index (χ1) is 5.74. The summed E-state index contributed by atoms with van der Waals surface area (Å²) in [6.45, 7) is 0.440. The van der Waals surface area contributed by atoms with Gasteiger partial charge in [-0.05, 0) is 0 Å². The number of rotatable bonds is 0. The molecule has 0 bridgehead atoms. The number of primary amides is 1. The van der Waals surface area contributed by atoms with E-state index in [1.807, 2.05) is 0 Å². The molecule has 0 fully saturated rings. The van der Waals surface area contributed by atoms with E-state index >= 15 is 0 Å². The first-order valence-electron chi connectivity index (χ1n) is 3.22. The Hall–Kier alpha value is -1.97. The highest BCUT2D eigenvalue weighted by Gasteiger charge is 2.13. The lowest BCUT2D eigenvalue weighted by atomic mass is 10.6. The third-order valence-corrected chi connectivity index (χ3v) is 1.32. The van der Waals surface area contributed by atoms with Crippen molar-refractivity contribution in [1.29, 1.82) is 5.26 Å². The minimum atomic E-state index is -0.540. The maximum atomic E-state index is 10.6. The highest BCUT2D eigenvalue weighted by atomic mass is 16.2. The number of nitriles is 1. The number of hydrogen-bond donors (Lipinski definition) is 3. The van der Waals surface area contributed by atoms with Crippen LogP contribution in [0.1, 0.15) is 0 Å². The van der Waals surface area contributed by atoms with Gasteiger partial charge in [0.2, 0.25) is 5.96 Å². The summed E-state index contributed by atoms with van der Waals surface area (Å²) in [6, 6.07) is -0.540. The van der Waals surface area contributed by atoms with Gasteiger partial charge >= 0.3 is 6.03 Å². The van der Waals surface area contributed by atoms with E-state index in [1.54, 1.807) is 6.19 Å². The molecule has 0 aromatic rings. The molecular weight excluding hydrogens is 160 g/mol. The van der Waals surface area contributed by atoms with Gasteiger partial charge in [-0.1, -0.05) is 0 Å². The first-order valence-corrected chi connectivity index (χ1v) is 3.22. The van der Waals surface area contributed by atoms with Crippen molar-refractivity contribution in [3.05, 3.63) is 0 Å². The summed E-state index contributed by atoms with van der Waals surface area (Å²) < 4.78 is 0. The van der Waals surface area contributed by atoms with Crippen molar-refractivity contribution < 1.29 is 4.79 Å². The summed E-state index contributed by atoms with van der Waals surface area (Å²) in [5, 5.41) is 13.2. The Bertz CT molecular complexity index is 253. The Balaban J connectivity index is 2.48. The van der Waals surface area contributed by atoms with E-state index in [4.69, 9.17) is 11.0 Å². The zero-order chi connectivity index (χ0) is 8.97. The van der Waals surface area contributed by atoms with Gasteiger partial charge in [0.15, 0.2) is 6.19 Å². The number of carbonyl (C=O) groups is 1. The van der Waals surface area contributed by atoms with E-state index in [9.17, 15) is 4.79 Å². The lowest BCUT2D eigenvalue weighted by Crippen LogP contribution is -2.51. The van der Waals surface area contributed by atoms with Crippen molar-refractivity contribution in [2.45, 2.75) is 0 Å². The molecule has 4 N–H and O–H groups in total. The van der Waals surface area contributed by atoms with Crippen LogP contribution in [0.3, 0.4) is 0 Å². The SMILES string of the molecule is N#CNC1=NCN(C(N)=O)CN1. The minimum Gasteiger partial charge on any atom is -0.351 e. The van der Waals surface area contributed by atoms with Crippen LogP contribution in [0.2, 0.25) is 0 Å². The van der Waals surface area contributed by atoms with Crippen molar-refractivity contribution in [1.82, 2.24) is 15.5 Å². The van der Waals surface area contributed by atoms with Gasteiger partial charge in [0.05, 0.1) is 6.67 Å². The molecule has 1 rings (SSSR count). The van der Waals surface area contributed by atoms with Crippen molar-refractivity contribution >= 4 is 12.0 Å². The zero-order valence-electron chi connectivity index (χ0n) is 6.24. The Morgan fingerprint density at radius 2 is 2.67 bits per heavy atom. The zero-order valence-corrected chi connectivity index (χ0v) is 6.24. The van der Waals surface area contributed by atoms with Gasteiger partial charge in [-0.25, -0.2) is 9.79 Å². The van der Waals surface area contributed by atoms with Crippen LogP contribution >= 0.6 is 0 Å². The lowest BCUT2D eigenvalue weighted by molar-refractivity contribution is 0.205. The number of amides is 2. The Kier molecular flexibility index (Phi) is 2.32. The number of guanidine groups is 1. The van der Waals surface area contributed by atoms with Gasteiger partial charge in [-0.2, -0.15) is 5.26 Å². The predicted octanol–water partition coefficient (Wildman–Crippen LogP) is -1.69. The van der Waals surface area contributed by atoms with Crippen LogP contribution in [-0.2, 0) is 0 Å². The number of carbonyl (C=O) groups excluding carboxylic acids is 1. The van der Waals surface area contributed by atoms with Crippen LogP contribution in [0, 0.1) is 11.5 Å². The number of nitrogens with one attached hydrogen (secondary N) is 2. The van der Waals surface area contributed by atoms with Crippen LogP contribution in [0.15, 0.2) is 4.99 Å². The molecule has 0 saturated heterocycles. The number of aliphatic imine (C=N–C) groups is 1. The third kappa shape index (κ3) is 1.76. The average Bonchev–Trinajstić information content (AvgIpc) is 2.06. The number of urea groups is 1. The molecule has 0 radical (unpaired) electrons. The normalized spacial score (nSPS) is 15.6. The number of nitrogens with two attached hydrogens (primary N) is 1. The minimum absolute atomic E-state index is 0.173. The summed E-state index contributed by atoms with van der Waals surface area (Å²) >= 11 is 0. The van der Waals surface area contributed by atoms with Gasteiger partial charge < -0.3 is 11.1 Å². The summed E-state index contributed by atoms with van der Waals surface area (Å²) in [5.41, 5.74) is 4.98. The predicted molar refractivity (Wildman–Crippen MR) is 40.5 cm³/mol. The molecule has 0 unspecified atom stereocenters. The van der Waals surface area contributed by atoms with Crippen LogP contribution < -0.4 is 16.4 Å². The first kappa shape index (κ1) is 8.13. The van der Waals surface area contributed by atoms with Crippen molar-refractivity contribution in [3.63, 3.8) is 0 Å². The topological polar surface area (TPSA) is 107 Å². The molecule has 1 aliphatic rings. The molecule has 12 heavy (non-hydrogen) atoms. The van der Waals surface area contributed by atoms with Gasteiger partial charge in [0, 0.05) is 0 Å². The molecule has 0 aromatic carbocycles. The van der Waals surface area contributed by atoms with Crippen molar-refractivity contribution in [2.24, 2.45) is 10.7 Å². The Morgan fingerprint density at radius 3 is 3.08 bits per heavy atom. The Labute approximate surface area is 68.8 Å². The molecule has 0 aromatic heterocycles. The standard InChI is InChI=1S/C5H8N6O/c6-1-8-5-9-2-11(3-10-5)4(7)12/h2-3H2,(H2,7,12)(H2,8,9,10). The summed E-state index contributed by atoms with van der Waals surface area (Å²) in [5.74, 6) is 0.356. The maximum absolute atomic E-state index is 10.6. The second kappa shape index (κ2) is 3.43. The highest BCUT2D eigenvalue weighted by molar-refractivity contribution is 5.83. The molecule has 7 nitrogen and oxygen atoms in total. The van der Waals surface area contributed by atoms with Crippen LogP contribution in [-0.4, -0.2) is 30.2 Å². The fourth-order valence-electron chi connectivity index (χ4n) is 0.717. The Morgan fingerprint density at radius 1 is 1.92 bits per heavy atom. The van der Waals surface area contributed by atoms with E-state index in [-0.39, 0.29) is 13.3 Å². The van der Waals surface area contributed by atoms with E-state index in [0.717, 1.165) is 0 Å². The maximum Gasteiger partial charge on any atom is 0.317 e. The molecule has 0 spiro atoms. The monoisotopic (exact) mass is 168 g/mol. The van der Waals surface area contributed by atoms with Gasteiger partial charge in [0.1, 0.15) is 6.67 Å². The van der Waals surface area contributed by atoms with E-state index in [2.05, 4.69) is 15.6 Å². The number of hydrogen-bond acceptors (Lipinski definition) is 5. The molecule has 0 saturated carbocycles. The quantitative estimate of drug-likeness (QED) is 0.296. The van der Waals surface area contributed by atoms with E-state index in [1.165, 1.54) is 4.90 Å². The van der Waals surface area contributed by atoms with E-state index in [0.29, 0.717) is 5.96 Å². The van der Waals surface area contributed by atoms with Crippen molar-refractivity contribution in [3.8, 4) is 6.19 Å². The summed E-state index contributed by atoms with van der Waals surface area (Å²) in [6.07, 6.45) is 1.70. The third-order valence-electron chi connectivity index (χ3n) is 1.32. The largest absolute Gasteiger partial charge is 0.351 e. The summed E-state index contributed by atoms with van der Waals surface area (Å²) in [7, 11) is 0. The second-order valence-electron chi connectivity index (χ2n) is 2.10. The van der Waals surface area contributed by atoms with Crippen LogP contribution in [0.4, 0.5) is 4.79 Å². The molecule has 2 amide bonds. The van der Waals surface area contributed by atoms with E-state index < -0.39 is 6.03 Å². The lowest BCUT2D eigenvalue weighted by Gasteiger charge is -2.23. The smallest absolute Gasteiger partial charge is 0.317 e. The molecule has 1 aliphatic heterocycles. The number of nitrogens with zero attached hydrogens (tertiary/aromatic N) is 3. The van der Waals surface area contributed by atoms with Crippen molar-refractivity contribution in [2.75, 3.05) is 13.3 Å². The highest BCUT2D eigenvalue weighted by Crippen LogP contribution is 1.90. The molecule has 0 atom stereocenters. The van der Waals surface area contributed by atoms with Gasteiger partial charge in [0.25, 0.3) is 0 Å². The van der Waals surface area contributed by atoms with Crippen LogP contribution in [0.5, 0.6) is 0 Å². The van der Waals surface area contributed by atoms with Gasteiger partial charge in [-0.3, -0.25) is 10.2 Å². The van der Waals surface area contributed by atoms with Crippen LogP contribution in [0.25, 0.3) is 0 Å². The van der Waals surface area contributed by atoms with Gasteiger partial charge in [-0.15, -0.1) is 0 Å². The molecule has 0 aliphatic carbocycles. The summed E-state index contributed by atoms with van der Waals surface area (Å²) in [4.78, 5) is 15.7. The molecule has 64 valence electrons. The molecular formula is C5H8N6O. The molecule has 1 heterocycles. The fourth-order valence-corrected chi connectivity index (χ4v) is 0.717.